The van der Waals surface area contributed by atoms with Gasteiger partial charge in [-0.2, -0.15) is 0 Å². The molecule has 3 aliphatic rings. The fourth-order valence-electron chi connectivity index (χ4n) is 5.13. The lowest BCUT2D eigenvalue weighted by molar-refractivity contribution is -0.153. The van der Waals surface area contributed by atoms with Crippen molar-refractivity contribution in [3.63, 3.8) is 0 Å². The standard InChI is InChI=1S/C15H24O5/c1-7(5-16)10-11-9-4-3-8(6-17)15(9,2)13(18)12(10)20-14(11)19/h7-13,16-18H,3-6H2,1-2H3/t7-,8+,9+,10+,11+,12+,13-,15+/m1/s1. The molecule has 0 aromatic carbocycles. The quantitative estimate of drug-likeness (QED) is 0.643. The molecule has 3 rings (SSSR count). The van der Waals surface area contributed by atoms with Gasteiger partial charge in [0.1, 0.15) is 6.10 Å². The van der Waals surface area contributed by atoms with E-state index in [2.05, 4.69) is 0 Å². The summed E-state index contributed by atoms with van der Waals surface area (Å²) < 4.78 is 5.45. The zero-order valence-corrected chi connectivity index (χ0v) is 12.0. The first-order chi connectivity index (χ1) is 9.46. The van der Waals surface area contributed by atoms with Crippen molar-refractivity contribution in [2.75, 3.05) is 13.2 Å². The van der Waals surface area contributed by atoms with Crippen LogP contribution in [-0.2, 0) is 9.53 Å². The van der Waals surface area contributed by atoms with Crippen molar-refractivity contribution >= 4 is 5.97 Å². The zero-order valence-electron chi connectivity index (χ0n) is 12.0. The summed E-state index contributed by atoms with van der Waals surface area (Å²) in [5, 5.41) is 29.8. The molecule has 2 bridgehead atoms. The van der Waals surface area contributed by atoms with Crippen molar-refractivity contribution < 1.29 is 24.9 Å². The Labute approximate surface area is 118 Å². The third-order valence-corrected chi connectivity index (χ3v) is 6.37. The number of fused-ring (bicyclic) bond motifs is 4. The maximum atomic E-state index is 12.2. The van der Waals surface area contributed by atoms with Crippen LogP contribution in [0.3, 0.4) is 0 Å². The molecule has 2 aliphatic carbocycles. The highest BCUT2D eigenvalue weighted by atomic mass is 16.6. The molecule has 1 heterocycles. The molecule has 1 aliphatic heterocycles. The minimum absolute atomic E-state index is 0.00606. The number of hydrogen-bond acceptors (Lipinski definition) is 5. The Hall–Kier alpha value is -0.650. The van der Waals surface area contributed by atoms with E-state index in [1.54, 1.807) is 0 Å². The van der Waals surface area contributed by atoms with Gasteiger partial charge in [0.05, 0.1) is 12.0 Å². The Morgan fingerprint density at radius 3 is 2.70 bits per heavy atom. The third-order valence-electron chi connectivity index (χ3n) is 6.37. The summed E-state index contributed by atoms with van der Waals surface area (Å²) in [7, 11) is 0. The molecule has 3 N–H and O–H groups in total. The first-order valence-corrected chi connectivity index (χ1v) is 7.57. The van der Waals surface area contributed by atoms with Crippen LogP contribution in [0.1, 0.15) is 26.7 Å². The van der Waals surface area contributed by atoms with Gasteiger partial charge >= 0.3 is 5.97 Å². The van der Waals surface area contributed by atoms with Crippen LogP contribution in [0.15, 0.2) is 0 Å². The van der Waals surface area contributed by atoms with Crippen molar-refractivity contribution in [2.45, 2.75) is 38.9 Å². The summed E-state index contributed by atoms with van der Waals surface area (Å²) in [4.78, 5) is 12.2. The summed E-state index contributed by atoms with van der Waals surface area (Å²) in [6.45, 7) is 3.92. The predicted octanol–water partition coefficient (Wildman–Crippen LogP) is 0.172. The summed E-state index contributed by atoms with van der Waals surface area (Å²) in [5.74, 6) is -0.590. The zero-order chi connectivity index (χ0) is 14.7. The highest BCUT2D eigenvalue weighted by Crippen LogP contribution is 2.62. The van der Waals surface area contributed by atoms with Crippen molar-refractivity contribution in [2.24, 2.45) is 35.0 Å². The Kier molecular flexibility index (Phi) is 3.35. The molecule has 5 heteroatoms. The van der Waals surface area contributed by atoms with Crippen molar-refractivity contribution in [3.05, 3.63) is 0 Å². The summed E-state index contributed by atoms with van der Waals surface area (Å²) in [6.07, 6.45) is 0.377. The summed E-state index contributed by atoms with van der Waals surface area (Å²) in [5.41, 5.74) is -0.456. The molecule has 114 valence electrons. The van der Waals surface area contributed by atoms with Crippen molar-refractivity contribution in [1.29, 1.82) is 0 Å². The van der Waals surface area contributed by atoms with E-state index in [0.717, 1.165) is 12.8 Å². The fourth-order valence-corrected chi connectivity index (χ4v) is 5.13. The average molecular weight is 284 g/mol. The topological polar surface area (TPSA) is 87.0 Å². The van der Waals surface area contributed by atoms with Crippen LogP contribution < -0.4 is 0 Å². The number of esters is 1. The lowest BCUT2D eigenvalue weighted by Gasteiger charge is -2.49. The van der Waals surface area contributed by atoms with Gasteiger partial charge in [0.25, 0.3) is 0 Å². The Balaban J connectivity index is 2.02. The molecule has 0 radical (unpaired) electrons. The SMILES string of the molecule is C[C@H](CO)[C@@H]1[C@@H]2OC(=O)[C@H]1[C@@H]1CC[C@@H](CO)[C@]1(C)[C@@H]2O. The normalized spacial score (nSPS) is 51.8. The summed E-state index contributed by atoms with van der Waals surface area (Å²) in [6, 6.07) is 0. The predicted molar refractivity (Wildman–Crippen MR) is 70.5 cm³/mol. The fraction of sp³-hybridized carbons (Fsp3) is 0.933. The van der Waals surface area contributed by atoms with E-state index in [9.17, 15) is 20.1 Å². The van der Waals surface area contributed by atoms with Crippen molar-refractivity contribution in [1.82, 2.24) is 0 Å². The maximum absolute atomic E-state index is 12.2. The van der Waals surface area contributed by atoms with Crippen LogP contribution in [0.5, 0.6) is 0 Å². The molecular weight excluding hydrogens is 260 g/mol. The first-order valence-electron chi connectivity index (χ1n) is 7.57. The van der Waals surface area contributed by atoms with Crippen LogP contribution >= 0.6 is 0 Å². The molecule has 1 saturated heterocycles. The number of rotatable bonds is 3. The minimum Gasteiger partial charge on any atom is -0.459 e. The molecule has 2 saturated carbocycles. The molecule has 0 amide bonds. The smallest absolute Gasteiger partial charge is 0.310 e. The van der Waals surface area contributed by atoms with E-state index < -0.39 is 17.6 Å². The molecular formula is C15H24O5. The lowest BCUT2D eigenvalue weighted by atomic mass is 9.55. The Morgan fingerprint density at radius 2 is 2.10 bits per heavy atom. The molecule has 8 atom stereocenters. The van der Waals surface area contributed by atoms with E-state index in [-0.39, 0.29) is 48.8 Å². The van der Waals surface area contributed by atoms with Gasteiger partial charge in [0, 0.05) is 24.5 Å². The van der Waals surface area contributed by atoms with E-state index >= 15 is 0 Å². The second kappa shape index (κ2) is 4.68. The van der Waals surface area contributed by atoms with Gasteiger partial charge < -0.3 is 20.1 Å². The van der Waals surface area contributed by atoms with Gasteiger partial charge in [-0.1, -0.05) is 13.8 Å². The average Bonchev–Trinajstić information content (AvgIpc) is 2.92. The highest BCUT2D eigenvalue weighted by molar-refractivity contribution is 5.77. The molecule has 0 aromatic rings. The number of aliphatic hydroxyl groups excluding tert-OH is 3. The largest absolute Gasteiger partial charge is 0.459 e. The van der Waals surface area contributed by atoms with Crippen LogP contribution in [0.2, 0.25) is 0 Å². The monoisotopic (exact) mass is 284 g/mol. The van der Waals surface area contributed by atoms with Crippen LogP contribution in [-0.4, -0.2) is 46.7 Å². The van der Waals surface area contributed by atoms with Gasteiger partial charge in [-0.3, -0.25) is 4.79 Å². The number of carbonyl (C=O) groups is 1. The highest BCUT2D eigenvalue weighted by Gasteiger charge is 2.68. The first kappa shape index (κ1) is 14.3. The van der Waals surface area contributed by atoms with Crippen molar-refractivity contribution in [3.8, 4) is 0 Å². The minimum atomic E-state index is -0.756. The molecule has 0 aromatic heterocycles. The molecule has 3 fully saturated rings. The van der Waals surface area contributed by atoms with Gasteiger partial charge in [-0.15, -0.1) is 0 Å². The maximum Gasteiger partial charge on any atom is 0.310 e. The molecule has 20 heavy (non-hydrogen) atoms. The molecule has 0 spiro atoms. The Morgan fingerprint density at radius 1 is 1.40 bits per heavy atom. The van der Waals surface area contributed by atoms with E-state index in [0.29, 0.717) is 0 Å². The number of aliphatic hydroxyl groups is 3. The third kappa shape index (κ3) is 1.57. The van der Waals surface area contributed by atoms with Crippen LogP contribution in [0, 0.1) is 35.0 Å². The Bertz CT molecular complexity index is 411. The van der Waals surface area contributed by atoms with Crippen LogP contribution in [0.4, 0.5) is 0 Å². The second-order valence-electron chi connectivity index (χ2n) is 7.04. The molecule has 5 nitrogen and oxygen atoms in total. The second-order valence-corrected chi connectivity index (χ2v) is 7.04. The van der Waals surface area contributed by atoms with E-state index in [1.165, 1.54) is 0 Å². The number of ether oxygens (including phenoxy) is 1. The summed E-state index contributed by atoms with van der Waals surface area (Å²) >= 11 is 0. The lowest BCUT2D eigenvalue weighted by Crippen LogP contribution is -2.57. The van der Waals surface area contributed by atoms with Gasteiger partial charge in [-0.25, -0.2) is 0 Å². The van der Waals surface area contributed by atoms with E-state index in [4.69, 9.17) is 4.74 Å². The molecule has 0 unspecified atom stereocenters. The van der Waals surface area contributed by atoms with E-state index in [1.807, 2.05) is 13.8 Å². The number of hydrogen-bond donors (Lipinski definition) is 3. The van der Waals surface area contributed by atoms with Gasteiger partial charge in [0.15, 0.2) is 0 Å². The van der Waals surface area contributed by atoms with Gasteiger partial charge in [-0.05, 0) is 30.6 Å². The number of carbonyl (C=O) groups excluding carboxylic acids is 1. The van der Waals surface area contributed by atoms with Gasteiger partial charge in [0.2, 0.25) is 0 Å². The van der Waals surface area contributed by atoms with Crippen LogP contribution in [0.25, 0.3) is 0 Å².